The molecule has 0 spiro atoms. The molecule has 1 fully saturated rings. The molecular formula is C20H17N5O2. The molecule has 3 aromatic heterocycles. The highest BCUT2D eigenvalue weighted by atomic mass is 16.5. The molecule has 0 aliphatic heterocycles. The monoisotopic (exact) mass is 359 g/mol. The molecule has 4 aromatic rings. The van der Waals surface area contributed by atoms with Gasteiger partial charge in [0.05, 0.1) is 22.3 Å². The van der Waals surface area contributed by atoms with E-state index < -0.39 is 0 Å². The molecule has 3 heterocycles. The SMILES string of the molecule is Cc1noc2nc(C3CC3)cc(C(=O)Nc3ccc(-n4cccn4)cc3)c12. The number of nitrogens with zero attached hydrogens (tertiary/aromatic N) is 4. The van der Waals surface area contributed by atoms with Crippen LogP contribution in [-0.4, -0.2) is 25.8 Å². The Morgan fingerprint density at radius 3 is 2.78 bits per heavy atom. The van der Waals surface area contributed by atoms with Gasteiger partial charge in [-0.05, 0) is 56.2 Å². The molecule has 134 valence electrons. The number of hydrogen-bond acceptors (Lipinski definition) is 5. The third-order valence-corrected chi connectivity index (χ3v) is 4.77. The quantitative estimate of drug-likeness (QED) is 0.598. The second-order valence-electron chi connectivity index (χ2n) is 6.77. The number of aryl methyl sites for hydroxylation is 1. The van der Waals surface area contributed by atoms with E-state index in [2.05, 4.69) is 20.6 Å². The van der Waals surface area contributed by atoms with Gasteiger partial charge in [-0.3, -0.25) is 4.79 Å². The van der Waals surface area contributed by atoms with Crippen molar-refractivity contribution < 1.29 is 9.32 Å². The fourth-order valence-corrected chi connectivity index (χ4v) is 3.20. The number of nitrogens with one attached hydrogen (secondary N) is 1. The van der Waals surface area contributed by atoms with Crippen molar-refractivity contribution in [2.45, 2.75) is 25.7 Å². The second-order valence-corrected chi connectivity index (χ2v) is 6.77. The molecule has 7 nitrogen and oxygen atoms in total. The van der Waals surface area contributed by atoms with Gasteiger partial charge in [0, 0.05) is 29.7 Å². The van der Waals surface area contributed by atoms with Gasteiger partial charge in [-0.15, -0.1) is 0 Å². The number of carbonyl (C=O) groups is 1. The summed E-state index contributed by atoms with van der Waals surface area (Å²) in [5, 5.41) is 11.8. The van der Waals surface area contributed by atoms with Crippen LogP contribution in [-0.2, 0) is 0 Å². The number of amides is 1. The lowest BCUT2D eigenvalue weighted by Gasteiger charge is -2.09. The lowest BCUT2D eigenvalue weighted by molar-refractivity contribution is 0.102. The van der Waals surface area contributed by atoms with Crippen LogP contribution in [0.25, 0.3) is 16.8 Å². The van der Waals surface area contributed by atoms with E-state index in [0.717, 1.165) is 24.2 Å². The van der Waals surface area contributed by atoms with Crippen molar-refractivity contribution in [2.75, 3.05) is 5.32 Å². The molecule has 1 saturated carbocycles. The molecule has 1 amide bonds. The van der Waals surface area contributed by atoms with E-state index >= 15 is 0 Å². The normalized spacial score (nSPS) is 13.8. The van der Waals surface area contributed by atoms with Gasteiger partial charge in [0.15, 0.2) is 0 Å². The van der Waals surface area contributed by atoms with Crippen molar-refractivity contribution in [2.24, 2.45) is 0 Å². The van der Waals surface area contributed by atoms with Crippen molar-refractivity contribution >= 4 is 22.7 Å². The Balaban J connectivity index is 1.46. The first-order valence-corrected chi connectivity index (χ1v) is 8.87. The summed E-state index contributed by atoms with van der Waals surface area (Å²) in [5.41, 5.74) is 4.18. The summed E-state index contributed by atoms with van der Waals surface area (Å²) in [7, 11) is 0. The van der Waals surface area contributed by atoms with E-state index in [9.17, 15) is 4.79 Å². The number of aromatic nitrogens is 4. The third-order valence-electron chi connectivity index (χ3n) is 4.77. The Morgan fingerprint density at radius 1 is 1.26 bits per heavy atom. The van der Waals surface area contributed by atoms with Crippen LogP contribution < -0.4 is 5.32 Å². The summed E-state index contributed by atoms with van der Waals surface area (Å²) in [6.45, 7) is 1.82. The minimum absolute atomic E-state index is 0.192. The van der Waals surface area contributed by atoms with Gasteiger partial charge in [0.25, 0.3) is 11.6 Å². The van der Waals surface area contributed by atoms with Crippen LogP contribution in [0.5, 0.6) is 0 Å². The van der Waals surface area contributed by atoms with Crippen molar-refractivity contribution in [3.8, 4) is 5.69 Å². The van der Waals surface area contributed by atoms with E-state index in [-0.39, 0.29) is 5.91 Å². The van der Waals surface area contributed by atoms with Gasteiger partial charge < -0.3 is 9.84 Å². The number of carbonyl (C=O) groups excluding carboxylic acids is 1. The number of benzene rings is 1. The van der Waals surface area contributed by atoms with Gasteiger partial charge in [-0.2, -0.15) is 5.10 Å². The zero-order chi connectivity index (χ0) is 18.4. The van der Waals surface area contributed by atoms with Crippen molar-refractivity contribution in [1.82, 2.24) is 19.9 Å². The van der Waals surface area contributed by atoms with E-state index in [4.69, 9.17) is 4.52 Å². The number of rotatable bonds is 4. The number of hydrogen-bond donors (Lipinski definition) is 1. The summed E-state index contributed by atoms with van der Waals surface area (Å²) in [5.74, 6) is 0.224. The molecule has 1 aromatic carbocycles. The van der Waals surface area contributed by atoms with Crippen LogP contribution in [0, 0.1) is 6.92 Å². The molecule has 7 heteroatoms. The lowest BCUT2D eigenvalue weighted by Crippen LogP contribution is -2.13. The Bertz CT molecular complexity index is 1130. The Kier molecular flexibility index (Phi) is 3.53. The van der Waals surface area contributed by atoms with Crippen LogP contribution in [0.2, 0.25) is 0 Å². The standard InChI is InChI=1S/C20H17N5O2/c1-12-18-16(11-17(13-3-4-13)23-20(18)27-24-12)19(26)22-14-5-7-15(8-6-14)25-10-2-9-21-25/h2,5-11,13H,3-4H2,1H3,(H,22,26). The maximum absolute atomic E-state index is 13.0. The lowest BCUT2D eigenvalue weighted by atomic mass is 10.1. The van der Waals surface area contributed by atoms with E-state index in [1.54, 1.807) is 10.9 Å². The van der Waals surface area contributed by atoms with E-state index in [0.29, 0.717) is 34.0 Å². The summed E-state index contributed by atoms with van der Waals surface area (Å²) in [6, 6.07) is 11.3. The number of anilines is 1. The smallest absolute Gasteiger partial charge is 0.259 e. The van der Waals surface area contributed by atoms with Crippen LogP contribution in [0.3, 0.4) is 0 Å². The molecule has 0 radical (unpaired) electrons. The molecule has 1 aliphatic carbocycles. The van der Waals surface area contributed by atoms with Crippen LogP contribution >= 0.6 is 0 Å². The first-order valence-electron chi connectivity index (χ1n) is 8.87. The molecule has 0 bridgehead atoms. The minimum Gasteiger partial charge on any atom is -0.336 e. The summed E-state index contributed by atoms with van der Waals surface area (Å²) < 4.78 is 7.08. The highest BCUT2D eigenvalue weighted by molar-refractivity contribution is 6.12. The Hall–Kier alpha value is -3.48. The fourth-order valence-electron chi connectivity index (χ4n) is 3.20. The summed E-state index contributed by atoms with van der Waals surface area (Å²) >= 11 is 0. The fraction of sp³-hybridized carbons (Fsp3) is 0.200. The van der Waals surface area contributed by atoms with Crippen LogP contribution in [0.4, 0.5) is 5.69 Å². The zero-order valence-corrected chi connectivity index (χ0v) is 14.7. The molecule has 1 N–H and O–H groups in total. The zero-order valence-electron chi connectivity index (χ0n) is 14.7. The predicted octanol–water partition coefficient (Wildman–Crippen LogP) is 3.85. The topological polar surface area (TPSA) is 85.8 Å². The second kappa shape index (κ2) is 6.05. The summed E-state index contributed by atoms with van der Waals surface area (Å²) in [6.07, 6.45) is 5.79. The molecule has 1 aliphatic rings. The van der Waals surface area contributed by atoms with Gasteiger partial charge in [0.2, 0.25) is 0 Å². The average molecular weight is 359 g/mol. The molecule has 0 atom stereocenters. The first-order chi connectivity index (χ1) is 13.2. The van der Waals surface area contributed by atoms with Crippen LogP contribution in [0.15, 0.2) is 53.3 Å². The van der Waals surface area contributed by atoms with Crippen LogP contribution in [0.1, 0.15) is 40.5 Å². The third kappa shape index (κ3) is 2.87. The van der Waals surface area contributed by atoms with Gasteiger partial charge in [0.1, 0.15) is 0 Å². The first kappa shape index (κ1) is 15.7. The molecule has 0 unspecified atom stereocenters. The number of fused-ring (bicyclic) bond motifs is 1. The maximum Gasteiger partial charge on any atom is 0.259 e. The van der Waals surface area contributed by atoms with Gasteiger partial charge in [-0.1, -0.05) is 5.16 Å². The average Bonchev–Trinajstić information content (AvgIpc) is 3.26. The molecule has 5 rings (SSSR count). The van der Waals surface area contributed by atoms with Crippen molar-refractivity contribution in [3.63, 3.8) is 0 Å². The van der Waals surface area contributed by atoms with Crippen molar-refractivity contribution in [3.05, 3.63) is 65.7 Å². The molecule has 0 saturated heterocycles. The highest BCUT2D eigenvalue weighted by Crippen LogP contribution is 2.40. The largest absolute Gasteiger partial charge is 0.336 e. The Labute approximate surface area is 155 Å². The van der Waals surface area contributed by atoms with E-state index in [1.807, 2.05) is 49.5 Å². The van der Waals surface area contributed by atoms with Crippen molar-refractivity contribution in [1.29, 1.82) is 0 Å². The number of pyridine rings is 1. The minimum atomic E-state index is -0.192. The predicted molar refractivity (Wildman–Crippen MR) is 100 cm³/mol. The highest BCUT2D eigenvalue weighted by Gasteiger charge is 2.28. The Morgan fingerprint density at radius 2 is 2.07 bits per heavy atom. The maximum atomic E-state index is 13.0. The van der Waals surface area contributed by atoms with Gasteiger partial charge in [-0.25, -0.2) is 9.67 Å². The summed E-state index contributed by atoms with van der Waals surface area (Å²) in [4.78, 5) is 17.5. The van der Waals surface area contributed by atoms with E-state index in [1.165, 1.54) is 0 Å². The van der Waals surface area contributed by atoms with Gasteiger partial charge >= 0.3 is 0 Å². The molecule has 27 heavy (non-hydrogen) atoms. The molecular weight excluding hydrogens is 342 g/mol.